The van der Waals surface area contributed by atoms with Gasteiger partial charge in [0.05, 0.1) is 12.3 Å². The van der Waals surface area contributed by atoms with E-state index in [1.165, 1.54) is 12.3 Å². The normalized spacial score (nSPS) is 10.7. The Balaban J connectivity index is 2.82. The minimum atomic E-state index is -0.450. The number of ether oxygens (including phenoxy) is 1. The maximum absolute atomic E-state index is 13.9. The quantitative estimate of drug-likeness (QED) is 0.808. The molecule has 106 valence electrons. The minimum absolute atomic E-state index is 0.266. The van der Waals surface area contributed by atoms with E-state index in [1.807, 2.05) is 21.0 Å². The van der Waals surface area contributed by atoms with Gasteiger partial charge in [-0.3, -0.25) is 4.98 Å². The number of pyridine rings is 1. The van der Waals surface area contributed by atoms with Crippen molar-refractivity contribution in [2.75, 3.05) is 25.6 Å². The molecule has 0 fully saturated rings. The van der Waals surface area contributed by atoms with E-state index in [2.05, 4.69) is 4.98 Å². The molecule has 0 unspecified atom stereocenters. The molecule has 0 atom stereocenters. The van der Waals surface area contributed by atoms with Crippen molar-refractivity contribution in [1.82, 2.24) is 4.98 Å². The van der Waals surface area contributed by atoms with Crippen molar-refractivity contribution in [3.63, 3.8) is 0 Å². The SMILES string of the molecule is CCOC(=O)c1cnc2c(F)ccc(C)c2c1N(C)C. The molecular weight excluding hydrogens is 259 g/mol. The van der Waals surface area contributed by atoms with Gasteiger partial charge in [-0.1, -0.05) is 6.07 Å². The highest BCUT2D eigenvalue weighted by Crippen LogP contribution is 2.32. The van der Waals surface area contributed by atoms with Crippen LogP contribution in [0, 0.1) is 12.7 Å². The molecule has 0 saturated heterocycles. The highest BCUT2D eigenvalue weighted by Gasteiger charge is 2.20. The van der Waals surface area contributed by atoms with Gasteiger partial charge in [0, 0.05) is 25.7 Å². The molecule has 0 aliphatic carbocycles. The Morgan fingerprint density at radius 2 is 2.10 bits per heavy atom. The number of carbonyl (C=O) groups excluding carboxylic acids is 1. The second kappa shape index (κ2) is 5.45. The van der Waals surface area contributed by atoms with Crippen LogP contribution in [-0.4, -0.2) is 31.7 Å². The van der Waals surface area contributed by atoms with Crippen LogP contribution < -0.4 is 4.90 Å². The number of fused-ring (bicyclic) bond motifs is 1. The number of carbonyl (C=O) groups is 1. The molecule has 2 aromatic rings. The summed E-state index contributed by atoms with van der Waals surface area (Å²) in [6.45, 7) is 3.89. The Morgan fingerprint density at radius 3 is 2.70 bits per heavy atom. The van der Waals surface area contributed by atoms with E-state index in [4.69, 9.17) is 4.74 Å². The number of anilines is 1. The van der Waals surface area contributed by atoms with Crippen LogP contribution in [0.5, 0.6) is 0 Å². The van der Waals surface area contributed by atoms with E-state index in [0.717, 1.165) is 5.56 Å². The predicted octanol–water partition coefficient (Wildman–Crippen LogP) is 2.93. The zero-order valence-corrected chi connectivity index (χ0v) is 12.0. The highest BCUT2D eigenvalue weighted by molar-refractivity contribution is 6.06. The number of nitrogens with zero attached hydrogens (tertiary/aromatic N) is 2. The number of rotatable bonds is 3. The Kier molecular flexibility index (Phi) is 3.88. The fourth-order valence-electron chi connectivity index (χ4n) is 2.24. The first-order chi connectivity index (χ1) is 9.47. The Bertz CT molecular complexity index is 668. The Hall–Kier alpha value is -2.17. The van der Waals surface area contributed by atoms with E-state index >= 15 is 0 Å². The number of aryl methyl sites for hydroxylation is 1. The average molecular weight is 276 g/mol. The van der Waals surface area contributed by atoms with Crippen molar-refractivity contribution in [2.24, 2.45) is 0 Å². The Labute approximate surface area is 117 Å². The summed E-state index contributed by atoms with van der Waals surface area (Å²) < 4.78 is 18.9. The largest absolute Gasteiger partial charge is 0.462 e. The molecule has 0 bridgehead atoms. The number of hydrogen-bond donors (Lipinski definition) is 0. The van der Waals surface area contributed by atoms with Crippen LogP contribution in [0.25, 0.3) is 10.9 Å². The van der Waals surface area contributed by atoms with Crippen LogP contribution in [0.1, 0.15) is 22.8 Å². The molecule has 1 aromatic heterocycles. The lowest BCUT2D eigenvalue weighted by Gasteiger charge is -2.20. The predicted molar refractivity (Wildman–Crippen MR) is 76.7 cm³/mol. The van der Waals surface area contributed by atoms with Crippen molar-refractivity contribution in [3.05, 3.63) is 35.3 Å². The van der Waals surface area contributed by atoms with Gasteiger partial charge in [-0.2, -0.15) is 0 Å². The van der Waals surface area contributed by atoms with Gasteiger partial charge in [0.2, 0.25) is 0 Å². The molecule has 2 rings (SSSR count). The van der Waals surface area contributed by atoms with Crippen molar-refractivity contribution in [1.29, 1.82) is 0 Å². The summed E-state index contributed by atoms with van der Waals surface area (Å²) in [5, 5.41) is 0.639. The maximum Gasteiger partial charge on any atom is 0.341 e. The van der Waals surface area contributed by atoms with Gasteiger partial charge in [0.15, 0.2) is 0 Å². The number of halogens is 1. The van der Waals surface area contributed by atoms with Crippen LogP contribution >= 0.6 is 0 Å². The van der Waals surface area contributed by atoms with E-state index in [1.54, 1.807) is 17.9 Å². The number of benzene rings is 1. The molecule has 1 aromatic carbocycles. The molecule has 0 radical (unpaired) electrons. The maximum atomic E-state index is 13.9. The monoisotopic (exact) mass is 276 g/mol. The zero-order valence-electron chi connectivity index (χ0n) is 12.0. The summed E-state index contributed by atoms with van der Waals surface area (Å²) in [6, 6.07) is 3.06. The lowest BCUT2D eigenvalue weighted by atomic mass is 10.0. The smallest absolute Gasteiger partial charge is 0.341 e. The van der Waals surface area contributed by atoms with Crippen molar-refractivity contribution in [2.45, 2.75) is 13.8 Å². The van der Waals surface area contributed by atoms with E-state index in [9.17, 15) is 9.18 Å². The van der Waals surface area contributed by atoms with Crippen molar-refractivity contribution >= 4 is 22.6 Å². The molecule has 0 aliphatic heterocycles. The van der Waals surface area contributed by atoms with Crippen LogP contribution in [-0.2, 0) is 4.74 Å². The van der Waals surface area contributed by atoms with E-state index in [0.29, 0.717) is 16.6 Å². The minimum Gasteiger partial charge on any atom is -0.462 e. The topological polar surface area (TPSA) is 42.4 Å². The number of esters is 1. The van der Waals surface area contributed by atoms with Gasteiger partial charge < -0.3 is 9.64 Å². The fraction of sp³-hybridized carbons (Fsp3) is 0.333. The summed E-state index contributed by atoms with van der Waals surface area (Å²) >= 11 is 0. The van der Waals surface area contributed by atoms with E-state index in [-0.39, 0.29) is 12.1 Å². The van der Waals surface area contributed by atoms with Crippen molar-refractivity contribution < 1.29 is 13.9 Å². The molecule has 20 heavy (non-hydrogen) atoms. The standard InChI is InChI=1S/C15H17FN2O2/c1-5-20-15(19)10-8-17-13-11(16)7-6-9(2)12(13)14(10)18(3)4/h6-8H,5H2,1-4H3. The van der Waals surface area contributed by atoms with Gasteiger partial charge in [0.25, 0.3) is 0 Å². The second-order valence-corrected chi connectivity index (χ2v) is 4.72. The van der Waals surface area contributed by atoms with Crippen LogP contribution in [0.15, 0.2) is 18.3 Å². The third-order valence-electron chi connectivity index (χ3n) is 3.09. The number of aromatic nitrogens is 1. The fourth-order valence-corrected chi connectivity index (χ4v) is 2.24. The summed E-state index contributed by atoms with van der Waals surface area (Å²) in [5.41, 5.74) is 2.11. The van der Waals surface area contributed by atoms with Crippen LogP contribution in [0.2, 0.25) is 0 Å². The molecule has 0 N–H and O–H groups in total. The van der Waals surface area contributed by atoms with Gasteiger partial charge in [-0.15, -0.1) is 0 Å². The molecule has 0 aliphatic rings. The molecule has 0 amide bonds. The summed E-state index contributed by atoms with van der Waals surface area (Å²) in [7, 11) is 3.61. The first kappa shape index (κ1) is 14.2. The molecular formula is C15H17FN2O2. The van der Waals surface area contributed by atoms with Gasteiger partial charge in [-0.05, 0) is 25.5 Å². The average Bonchev–Trinajstić information content (AvgIpc) is 2.41. The number of hydrogen-bond acceptors (Lipinski definition) is 4. The van der Waals surface area contributed by atoms with Gasteiger partial charge >= 0.3 is 5.97 Å². The molecule has 1 heterocycles. The van der Waals surface area contributed by atoms with Crippen LogP contribution in [0.4, 0.5) is 10.1 Å². The first-order valence-corrected chi connectivity index (χ1v) is 6.39. The third kappa shape index (κ3) is 2.31. The Morgan fingerprint density at radius 1 is 1.40 bits per heavy atom. The summed E-state index contributed by atoms with van der Waals surface area (Å²) in [5.74, 6) is -0.849. The summed E-state index contributed by atoms with van der Waals surface area (Å²) in [4.78, 5) is 17.9. The molecule has 5 heteroatoms. The second-order valence-electron chi connectivity index (χ2n) is 4.72. The molecule has 0 spiro atoms. The van der Waals surface area contributed by atoms with Crippen molar-refractivity contribution in [3.8, 4) is 0 Å². The van der Waals surface area contributed by atoms with Crippen LogP contribution in [0.3, 0.4) is 0 Å². The molecule has 4 nitrogen and oxygen atoms in total. The van der Waals surface area contributed by atoms with Gasteiger partial charge in [0.1, 0.15) is 16.9 Å². The highest BCUT2D eigenvalue weighted by atomic mass is 19.1. The molecule has 0 saturated carbocycles. The first-order valence-electron chi connectivity index (χ1n) is 6.39. The van der Waals surface area contributed by atoms with Gasteiger partial charge in [-0.25, -0.2) is 9.18 Å². The third-order valence-corrected chi connectivity index (χ3v) is 3.09. The lowest BCUT2D eigenvalue weighted by molar-refractivity contribution is 0.0527. The summed E-state index contributed by atoms with van der Waals surface area (Å²) in [6.07, 6.45) is 1.37. The lowest BCUT2D eigenvalue weighted by Crippen LogP contribution is -2.17. The zero-order chi connectivity index (χ0) is 14.9. The van der Waals surface area contributed by atoms with E-state index < -0.39 is 11.8 Å².